The second-order valence-corrected chi connectivity index (χ2v) is 6.31. The Hall–Kier alpha value is -1.22. The van der Waals surface area contributed by atoms with Crippen LogP contribution in [0.15, 0.2) is 18.2 Å². The molecule has 3 aliphatic rings. The van der Waals surface area contributed by atoms with E-state index >= 15 is 0 Å². The van der Waals surface area contributed by atoms with Gasteiger partial charge in [0.15, 0.2) is 11.5 Å². The Balaban J connectivity index is 1.57. The number of fused-ring (bicyclic) bond motifs is 1. The Morgan fingerprint density at radius 1 is 1.21 bits per heavy atom. The molecule has 3 nitrogen and oxygen atoms in total. The van der Waals surface area contributed by atoms with E-state index in [0.29, 0.717) is 6.04 Å². The van der Waals surface area contributed by atoms with Crippen LogP contribution >= 0.6 is 0 Å². The average Bonchev–Trinajstić information content (AvgIpc) is 2.77. The zero-order valence-corrected chi connectivity index (χ0v) is 11.4. The van der Waals surface area contributed by atoms with Gasteiger partial charge in [-0.3, -0.25) is 0 Å². The van der Waals surface area contributed by atoms with Crippen LogP contribution in [0, 0.1) is 5.92 Å². The molecule has 2 atom stereocenters. The third kappa shape index (κ3) is 1.91. The number of piperidine rings is 1. The normalized spacial score (nSPS) is 31.2. The van der Waals surface area contributed by atoms with Crippen LogP contribution in [0.2, 0.25) is 0 Å². The van der Waals surface area contributed by atoms with Gasteiger partial charge in [0.05, 0.1) is 0 Å². The summed E-state index contributed by atoms with van der Waals surface area (Å²) in [7, 11) is 0. The molecule has 2 unspecified atom stereocenters. The fraction of sp³-hybridized carbons (Fsp3) is 0.625. The van der Waals surface area contributed by atoms with E-state index in [1.165, 1.54) is 24.8 Å². The van der Waals surface area contributed by atoms with Crippen molar-refractivity contribution in [2.75, 3.05) is 6.54 Å². The van der Waals surface area contributed by atoms with Gasteiger partial charge in [0.25, 0.3) is 5.79 Å². The zero-order valence-electron chi connectivity index (χ0n) is 11.4. The molecule has 2 heterocycles. The average molecular weight is 259 g/mol. The van der Waals surface area contributed by atoms with Gasteiger partial charge in [-0.2, -0.15) is 0 Å². The largest absolute Gasteiger partial charge is 0.448 e. The van der Waals surface area contributed by atoms with E-state index in [1.807, 2.05) is 0 Å². The van der Waals surface area contributed by atoms with Crippen LogP contribution < -0.4 is 14.8 Å². The third-order valence-corrected chi connectivity index (χ3v) is 4.74. The van der Waals surface area contributed by atoms with Crippen LogP contribution in [0.25, 0.3) is 0 Å². The van der Waals surface area contributed by atoms with Crippen molar-refractivity contribution in [3.05, 3.63) is 23.8 Å². The molecule has 1 aliphatic carbocycles. The number of benzene rings is 1. The van der Waals surface area contributed by atoms with Gasteiger partial charge in [-0.15, -0.1) is 0 Å². The first-order valence-electron chi connectivity index (χ1n) is 7.49. The van der Waals surface area contributed by atoms with Crippen molar-refractivity contribution in [1.29, 1.82) is 0 Å². The minimum absolute atomic E-state index is 0.311. The molecule has 1 aromatic rings. The third-order valence-electron chi connectivity index (χ3n) is 4.74. The first kappa shape index (κ1) is 11.6. The molecule has 1 saturated heterocycles. The quantitative estimate of drug-likeness (QED) is 0.838. The van der Waals surface area contributed by atoms with Gasteiger partial charge < -0.3 is 14.8 Å². The molecule has 1 N–H and O–H groups in total. The zero-order chi connectivity index (χ0) is 12.9. The highest BCUT2D eigenvalue weighted by Crippen LogP contribution is 2.49. The molecule has 102 valence electrons. The van der Waals surface area contributed by atoms with Gasteiger partial charge in [-0.05, 0) is 49.4 Å². The molecule has 1 spiro atoms. The van der Waals surface area contributed by atoms with E-state index in [0.717, 1.165) is 36.8 Å². The molecule has 0 bridgehead atoms. The minimum Gasteiger partial charge on any atom is -0.448 e. The maximum atomic E-state index is 6.04. The minimum atomic E-state index is -0.311. The standard InChI is InChI=1S/C16H21NO2/c1-11-5-8-17-13(9-11)12-3-4-14-15(10-12)19-16(18-14)6-2-7-16/h3-4,10-11,13,17H,2,5-9H2,1H3. The number of rotatable bonds is 1. The summed E-state index contributed by atoms with van der Waals surface area (Å²) in [5, 5.41) is 3.61. The van der Waals surface area contributed by atoms with Crippen LogP contribution in [0.5, 0.6) is 11.5 Å². The van der Waals surface area contributed by atoms with E-state index in [-0.39, 0.29) is 5.79 Å². The fourth-order valence-electron chi connectivity index (χ4n) is 3.36. The molecule has 19 heavy (non-hydrogen) atoms. The van der Waals surface area contributed by atoms with Gasteiger partial charge in [0, 0.05) is 18.9 Å². The van der Waals surface area contributed by atoms with Gasteiger partial charge in [-0.1, -0.05) is 13.0 Å². The topological polar surface area (TPSA) is 30.5 Å². The van der Waals surface area contributed by atoms with Crippen molar-refractivity contribution >= 4 is 0 Å². The molecule has 2 aliphatic heterocycles. The van der Waals surface area contributed by atoms with Crippen molar-refractivity contribution in [2.24, 2.45) is 5.92 Å². The fourth-order valence-corrected chi connectivity index (χ4v) is 3.36. The molecular formula is C16H21NO2. The monoisotopic (exact) mass is 259 g/mol. The molecule has 3 heteroatoms. The second-order valence-electron chi connectivity index (χ2n) is 6.31. The molecular weight excluding hydrogens is 238 g/mol. The lowest BCUT2D eigenvalue weighted by Gasteiger charge is -2.35. The smallest absolute Gasteiger partial charge is 0.251 e. The molecule has 0 aromatic heterocycles. The Labute approximate surface area is 114 Å². The van der Waals surface area contributed by atoms with E-state index in [1.54, 1.807) is 0 Å². The van der Waals surface area contributed by atoms with Crippen LogP contribution in [0.3, 0.4) is 0 Å². The van der Waals surface area contributed by atoms with E-state index in [2.05, 4.69) is 30.4 Å². The number of hydrogen-bond donors (Lipinski definition) is 1. The summed E-state index contributed by atoms with van der Waals surface area (Å²) >= 11 is 0. The number of hydrogen-bond acceptors (Lipinski definition) is 3. The van der Waals surface area contributed by atoms with Gasteiger partial charge in [-0.25, -0.2) is 0 Å². The Kier molecular flexibility index (Phi) is 2.52. The van der Waals surface area contributed by atoms with Crippen LogP contribution in [-0.4, -0.2) is 12.3 Å². The first-order valence-corrected chi connectivity index (χ1v) is 7.49. The van der Waals surface area contributed by atoms with Crippen LogP contribution in [0.1, 0.15) is 50.6 Å². The van der Waals surface area contributed by atoms with Gasteiger partial charge in [0.1, 0.15) is 0 Å². The summed E-state index contributed by atoms with van der Waals surface area (Å²) in [5.41, 5.74) is 1.34. The molecule has 1 saturated carbocycles. The molecule has 0 radical (unpaired) electrons. The van der Waals surface area contributed by atoms with Crippen LogP contribution in [0.4, 0.5) is 0 Å². The highest BCUT2D eigenvalue weighted by atomic mass is 16.7. The number of ether oxygens (including phenoxy) is 2. The molecule has 1 aromatic carbocycles. The highest BCUT2D eigenvalue weighted by Gasteiger charge is 2.47. The summed E-state index contributed by atoms with van der Waals surface area (Å²) in [6.45, 7) is 3.45. The van der Waals surface area contributed by atoms with E-state index in [4.69, 9.17) is 9.47 Å². The lowest BCUT2D eigenvalue weighted by molar-refractivity contribution is -0.138. The summed E-state index contributed by atoms with van der Waals surface area (Å²) in [5.74, 6) is 2.35. The maximum Gasteiger partial charge on any atom is 0.251 e. The lowest BCUT2D eigenvalue weighted by atomic mass is 9.90. The van der Waals surface area contributed by atoms with Crippen molar-refractivity contribution in [3.8, 4) is 11.5 Å². The second kappa shape index (κ2) is 4.14. The van der Waals surface area contributed by atoms with Crippen molar-refractivity contribution in [1.82, 2.24) is 5.32 Å². The molecule has 0 amide bonds. The maximum absolute atomic E-state index is 6.04. The molecule has 4 rings (SSSR count). The summed E-state index contributed by atoms with van der Waals surface area (Å²) in [6, 6.07) is 6.92. The first-order chi connectivity index (χ1) is 9.24. The van der Waals surface area contributed by atoms with E-state index < -0.39 is 0 Å². The summed E-state index contributed by atoms with van der Waals surface area (Å²) in [4.78, 5) is 0. The van der Waals surface area contributed by atoms with Gasteiger partial charge in [0.2, 0.25) is 0 Å². The summed E-state index contributed by atoms with van der Waals surface area (Å²) in [6.07, 6.45) is 5.75. The van der Waals surface area contributed by atoms with Gasteiger partial charge >= 0.3 is 0 Å². The molecule has 2 fully saturated rings. The number of nitrogens with one attached hydrogen (secondary N) is 1. The lowest BCUT2D eigenvalue weighted by Crippen LogP contribution is -2.45. The van der Waals surface area contributed by atoms with Crippen molar-refractivity contribution in [2.45, 2.75) is 50.9 Å². The predicted molar refractivity (Wildman–Crippen MR) is 73.4 cm³/mol. The Morgan fingerprint density at radius 2 is 2.05 bits per heavy atom. The Bertz CT molecular complexity index is 496. The highest BCUT2D eigenvalue weighted by molar-refractivity contribution is 5.47. The van der Waals surface area contributed by atoms with Crippen molar-refractivity contribution < 1.29 is 9.47 Å². The van der Waals surface area contributed by atoms with Crippen molar-refractivity contribution in [3.63, 3.8) is 0 Å². The predicted octanol–water partition coefficient (Wildman–Crippen LogP) is 3.40. The van der Waals surface area contributed by atoms with Crippen LogP contribution in [-0.2, 0) is 0 Å². The Morgan fingerprint density at radius 3 is 2.79 bits per heavy atom. The SMILES string of the molecule is CC1CCNC(c2ccc3c(c2)OC2(CCC2)O3)C1. The summed E-state index contributed by atoms with van der Waals surface area (Å²) < 4.78 is 12.0. The van der Waals surface area contributed by atoms with E-state index in [9.17, 15) is 0 Å².